The summed E-state index contributed by atoms with van der Waals surface area (Å²) in [6.07, 6.45) is 1.72. The molecule has 0 unspecified atom stereocenters. The van der Waals surface area contributed by atoms with E-state index in [-0.39, 0.29) is 11.5 Å². The molecule has 1 fully saturated rings. The Labute approximate surface area is 148 Å². The van der Waals surface area contributed by atoms with Crippen molar-refractivity contribution in [3.05, 3.63) is 58.7 Å². The maximum atomic E-state index is 9.52. The van der Waals surface area contributed by atoms with Gasteiger partial charge in [0.25, 0.3) is 0 Å². The SMILES string of the molecule is Cc1ccc(CN2CCN(/N=C/c3ccc(O)c(O)c3)CC2)c(C)c1. The van der Waals surface area contributed by atoms with Gasteiger partial charge in [0.2, 0.25) is 0 Å². The molecule has 0 aliphatic carbocycles. The summed E-state index contributed by atoms with van der Waals surface area (Å²) in [6.45, 7) is 9.00. The van der Waals surface area contributed by atoms with Gasteiger partial charge >= 0.3 is 0 Å². The lowest BCUT2D eigenvalue weighted by molar-refractivity contribution is 0.131. The Morgan fingerprint density at radius 2 is 1.72 bits per heavy atom. The molecule has 25 heavy (non-hydrogen) atoms. The molecule has 1 aliphatic heterocycles. The molecule has 5 nitrogen and oxygen atoms in total. The lowest BCUT2D eigenvalue weighted by Gasteiger charge is -2.33. The van der Waals surface area contributed by atoms with Crippen LogP contribution >= 0.6 is 0 Å². The fourth-order valence-electron chi connectivity index (χ4n) is 3.04. The summed E-state index contributed by atoms with van der Waals surface area (Å²) < 4.78 is 0. The van der Waals surface area contributed by atoms with Crippen molar-refractivity contribution < 1.29 is 10.2 Å². The minimum Gasteiger partial charge on any atom is -0.504 e. The van der Waals surface area contributed by atoms with Crippen LogP contribution in [0.2, 0.25) is 0 Å². The summed E-state index contributed by atoms with van der Waals surface area (Å²) in [5.74, 6) is -0.237. The second-order valence-electron chi connectivity index (χ2n) is 6.65. The number of phenols is 2. The monoisotopic (exact) mass is 339 g/mol. The van der Waals surface area contributed by atoms with E-state index in [0.717, 1.165) is 38.3 Å². The fraction of sp³-hybridized carbons (Fsp3) is 0.350. The summed E-state index contributed by atoms with van der Waals surface area (Å²) in [7, 11) is 0. The minimum absolute atomic E-state index is 0.114. The quantitative estimate of drug-likeness (QED) is 0.664. The number of hydrazone groups is 1. The predicted octanol–water partition coefficient (Wildman–Crippen LogP) is 2.87. The molecule has 0 atom stereocenters. The van der Waals surface area contributed by atoms with E-state index in [1.807, 2.05) is 5.01 Å². The molecule has 0 amide bonds. The number of hydrogen-bond acceptors (Lipinski definition) is 5. The van der Waals surface area contributed by atoms with Crippen molar-refractivity contribution in [3.8, 4) is 11.5 Å². The molecule has 1 aliphatic rings. The summed E-state index contributed by atoms with van der Waals surface area (Å²) in [6, 6.07) is 11.4. The van der Waals surface area contributed by atoms with Crippen molar-refractivity contribution in [1.82, 2.24) is 9.91 Å². The van der Waals surface area contributed by atoms with E-state index in [2.05, 4.69) is 42.0 Å². The van der Waals surface area contributed by atoms with Crippen molar-refractivity contribution in [2.45, 2.75) is 20.4 Å². The number of aryl methyl sites for hydroxylation is 2. The second-order valence-corrected chi connectivity index (χ2v) is 6.65. The standard InChI is InChI=1S/C20H25N3O2/c1-15-3-5-18(16(2)11-15)14-22-7-9-23(10-8-22)21-13-17-4-6-19(24)20(25)12-17/h3-6,11-13,24-25H,7-10,14H2,1-2H3/b21-13+. The van der Waals surface area contributed by atoms with E-state index in [4.69, 9.17) is 0 Å². The Kier molecular flexibility index (Phi) is 5.24. The van der Waals surface area contributed by atoms with Crippen molar-refractivity contribution in [2.75, 3.05) is 26.2 Å². The maximum Gasteiger partial charge on any atom is 0.158 e. The molecule has 132 valence electrons. The zero-order valence-electron chi connectivity index (χ0n) is 14.8. The number of aromatic hydroxyl groups is 2. The van der Waals surface area contributed by atoms with Gasteiger partial charge in [-0.15, -0.1) is 0 Å². The number of benzene rings is 2. The number of nitrogens with zero attached hydrogens (tertiary/aromatic N) is 3. The third-order valence-corrected chi connectivity index (χ3v) is 4.61. The van der Waals surface area contributed by atoms with Gasteiger partial charge in [0.05, 0.1) is 6.21 Å². The molecule has 3 rings (SSSR count). The van der Waals surface area contributed by atoms with Gasteiger partial charge in [-0.2, -0.15) is 5.10 Å². The summed E-state index contributed by atoms with van der Waals surface area (Å²) in [5.41, 5.74) is 4.82. The van der Waals surface area contributed by atoms with Crippen molar-refractivity contribution in [1.29, 1.82) is 0 Å². The first-order valence-electron chi connectivity index (χ1n) is 8.60. The summed E-state index contributed by atoms with van der Waals surface area (Å²) in [5, 5.41) is 25.4. The lowest BCUT2D eigenvalue weighted by Crippen LogP contribution is -2.43. The molecule has 2 N–H and O–H groups in total. The van der Waals surface area contributed by atoms with Crippen LogP contribution in [0.4, 0.5) is 0 Å². The van der Waals surface area contributed by atoms with Gasteiger partial charge < -0.3 is 10.2 Å². The Balaban J connectivity index is 1.53. The molecule has 0 saturated carbocycles. The number of phenolic OH excluding ortho intramolecular Hbond substituents is 2. The van der Waals surface area contributed by atoms with E-state index in [1.54, 1.807) is 12.3 Å². The highest BCUT2D eigenvalue weighted by Gasteiger charge is 2.16. The van der Waals surface area contributed by atoms with E-state index in [1.165, 1.54) is 28.8 Å². The third kappa shape index (κ3) is 4.51. The second kappa shape index (κ2) is 7.57. The Morgan fingerprint density at radius 3 is 2.40 bits per heavy atom. The number of rotatable bonds is 4. The average molecular weight is 339 g/mol. The molecule has 0 radical (unpaired) electrons. The van der Waals surface area contributed by atoms with Crippen LogP contribution in [0.15, 0.2) is 41.5 Å². The average Bonchev–Trinajstić information content (AvgIpc) is 2.60. The van der Waals surface area contributed by atoms with Gasteiger partial charge in [0.1, 0.15) is 0 Å². The highest BCUT2D eigenvalue weighted by Crippen LogP contribution is 2.24. The molecule has 0 aromatic heterocycles. The molecule has 5 heteroatoms. The number of piperazine rings is 1. The van der Waals surface area contributed by atoms with E-state index < -0.39 is 0 Å². The van der Waals surface area contributed by atoms with Crippen molar-refractivity contribution >= 4 is 6.21 Å². The van der Waals surface area contributed by atoms with E-state index in [0.29, 0.717) is 0 Å². The lowest BCUT2D eigenvalue weighted by atomic mass is 10.1. The van der Waals surface area contributed by atoms with Crippen LogP contribution in [0.5, 0.6) is 11.5 Å². The summed E-state index contributed by atoms with van der Waals surface area (Å²) >= 11 is 0. The molecule has 2 aromatic rings. The first-order chi connectivity index (χ1) is 12.0. The molecule has 1 heterocycles. The molecular weight excluding hydrogens is 314 g/mol. The number of hydrogen-bond donors (Lipinski definition) is 2. The van der Waals surface area contributed by atoms with Crippen LogP contribution in [0, 0.1) is 13.8 Å². The van der Waals surface area contributed by atoms with Crippen LogP contribution in [0.1, 0.15) is 22.3 Å². The van der Waals surface area contributed by atoms with Crippen molar-refractivity contribution in [2.24, 2.45) is 5.10 Å². The molecule has 2 aromatic carbocycles. The van der Waals surface area contributed by atoms with Crippen LogP contribution in [-0.2, 0) is 6.54 Å². The topological polar surface area (TPSA) is 59.3 Å². The van der Waals surface area contributed by atoms with Crippen LogP contribution in [0.25, 0.3) is 0 Å². The highest BCUT2D eigenvalue weighted by atomic mass is 16.3. The van der Waals surface area contributed by atoms with Crippen LogP contribution < -0.4 is 0 Å². The van der Waals surface area contributed by atoms with E-state index in [9.17, 15) is 10.2 Å². The molecule has 0 spiro atoms. The normalized spacial score (nSPS) is 15.8. The highest BCUT2D eigenvalue weighted by molar-refractivity contribution is 5.80. The van der Waals surface area contributed by atoms with Gasteiger partial charge in [0.15, 0.2) is 11.5 Å². The van der Waals surface area contributed by atoms with Gasteiger partial charge in [-0.3, -0.25) is 9.91 Å². The Hall–Kier alpha value is -2.53. The Morgan fingerprint density at radius 1 is 0.960 bits per heavy atom. The molecule has 1 saturated heterocycles. The first kappa shape index (κ1) is 17.3. The van der Waals surface area contributed by atoms with Gasteiger partial charge in [-0.25, -0.2) is 0 Å². The molecule has 0 bridgehead atoms. The fourth-order valence-corrected chi connectivity index (χ4v) is 3.04. The van der Waals surface area contributed by atoms with Gasteiger partial charge in [-0.05, 0) is 48.7 Å². The van der Waals surface area contributed by atoms with Crippen molar-refractivity contribution in [3.63, 3.8) is 0 Å². The maximum absolute atomic E-state index is 9.52. The van der Waals surface area contributed by atoms with E-state index >= 15 is 0 Å². The van der Waals surface area contributed by atoms with Crippen LogP contribution in [-0.4, -0.2) is 52.5 Å². The zero-order valence-corrected chi connectivity index (χ0v) is 14.8. The van der Waals surface area contributed by atoms with Gasteiger partial charge in [-0.1, -0.05) is 23.8 Å². The molecular formula is C20H25N3O2. The van der Waals surface area contributed by atoms with Gasteiger partial charge in [0, 0.05) is 32.7 Å². The third-order valence-electron chi connectivity index (χ3n) is 4.61. The van der Waals surface area contributed by atoms with Crippen LogP contribution in [0.3, 0.4) is 0 Å². The summed E-state index contributed by atoms with van der Waals surface area (Å²) in [4.78, 5) is 2.45. The Bertz CT molecular complexity index is 766. The largest absolute Gasteiger partial charge is 0.504 e. The predicted molar refractivity (Wildman–Crippen MR) is 100 cm³/mol. The first-order valence-corrected chi connectivity index (χ1v) is 8.60. The smallest absolute Gasteiger partial charge is 0.158 e. The zero-order chi connectivity index (χ0) is 17.8. The minimum atomic E-state index is -0.123.